The van der Waals surface area contributed by atoms with Crippen molar-refractivity contribution in [2.45, 2.75) is 44.0 Å². The molecule has 2 N–H and O–H groups in total. The van der Waals surface area contributed by atoms with Gasteiger partial charge in [0.2, 0.25) is 0 Å². The number of rotatable bonds is 5. The summed E-state index contributed by atoms with van der Waals surface area (Å²) in [6.45, 7) is 1.00. The molecule has 1 aromatic rings. The van der Waals surface area contributed by atoms with E-state index in [1.54, 1.807) is 12.1 Å². The minimum Gasteiger partial charge on any atom is -0.348 e. The van der Waals surface area contributed by atoms with Crippen LogP contribution in [0.15, 0.2) is 24.3 Å². The lowest BCUT2D eigenvalue weighted by Gasteiger charge is -2.21. The predicted molar refractivity (Wildman–Crippen MR) is 88.1 cm³/mol. The highest BCUT2D eigenvalue weighted by Crippen LogP contribution is 2.38. The number of amides is 2. The van der Waals surface area contributed by atoms with Gasteiger partial charge in [0.25, 0.3) is 0 Å². The van der Waals surface area contributed by atoms with Crippen molar-refractivity contribution in [2.24, 2.45) is 0 Å². The van der Waals surface area contributed by atoms with Crippen LogP contribution >= 0.6 is 0 Å². The molecule has 0 bridgehead atoms. The fourth-order valence-corrected chi connectivity index (χ4v) is 3.23. The Morgan fingerprint density at radius 3 is 2.52 bits per heavy atom. The molecule has 1 atom stereocenters. The minimum absolute atomic E-state index is 0.214. The summed E-state index contributed by atoms with van der Waals surface area (Å²) >= 11 is 0. The topological polar surface area (TPSA) is 76.7 Å². The smallest absolute Gasteiger partial charge is 0.309 e. The third-order valence-electron chi connectivity index (χ3n) is 4.59. The Labute approximate surface area is 146 Å². The van der Waals surface area contributed by atoms with Gasteiger partial charge in [-0.15, -0.1) is 0 Å². The van der Waals surface area contributed by atoms with E-state index in [4.69, 9.17) is 9.47 Å². The maximum atomic E-state index is 12.8. The van der Waals surface area contributed by atoms with Crippen molar-refractivity contribution >= 4 is 11.8 Å². The summed E-state index contributed by atoms with van der Waals surface area (Å²) in [5.41, 5.74) is 0.889. The number of carbonyl (C=O) groups excluding carboxylic acids is 2. The number of carbonyl (C=O) groups is 2. The standard InChI is InChI=1S/C18H23FN2O4/c19-14-5-3-13(4-6-14)7-10-20-16(22)17(23)21-11-15-12-24-18(25-15)8-1-2-9-18/h3-6,15H,1-2,7-12H2,(H,20,22)(H,21,23)/t15-/m0/s1. The van der Waals surface area contributed by atoms with E-state index in [0.717, 1.165) is 31.2 Å². The SMILES string of the molecule is O=C(NCCc1ccc(F)cc1)C(=O)NC[C@H]1COC2(CCCC2)O1. The lowest BCUT2D eigenvalue weighted by Crippen LogP contribution is -2.44. The Hall–Kier alpha value is -1.99. The van der Waals surface area contributed by atoms with Crippen LogP contribution in [0, 0.1) is 5.82 Å². The molecule has 1 aromatic carbocycles. The third kappa shape index (κ3) is 4.76. The molecule has 2 fully saturated rings. The molecule has 0 aromatic heterocycles. The molecule has 6 nitrogen and oxygen atoms in total. The molecule has 0 unspecified atom stereocenters. The summed E-state index contributed by atoms with van der Waals surface area (Å²) < 4.78 is 24.4. The van der Waals surface area contributed by atoms with Gasteiger partial charge in [-0.3, -0.25) is 9.59 Å². The Bertz CT molecular complexity index is 614. The normalized spacial score (nSPS) is 21.4. The molecule has 0 radical (unpaired) electrons. The predicted octanol–water partition coefficient (Wildman–Crippen LogP) is 1.29. The number of hydrogen-bond acceptors (Lipinski definition) is 4. The van der Waals surface area contributed by atoms with E-state index < -0.39 is 17.6 Å². The Morgan fingerprint density at radius 2 is 1.80 bits per heavy atom. The molecular weight excluding hydrogens is 327 g/mol. The van der Waals surface area contributed by atoms with Gasteiger partial charge in [0.15, 0.2) is 5.79 Å². The highest BCUT2D eigenvalue weighted by molar-refractivity contribution is 6.35. The lowest BCUT2D eigenvalue weighted by atomic mass is 10.1. The summed E-state index contributed by atoms with van der Waals surface area (Å²) in [7, 11) is 0. The lowest BCUT2D eigenvalue weighted by molar-refractivity contribution is -0.161. The molecule has 2 aliphatic rings. The first-order chi connectivity index (χ1) is 12.1. The van der Waals surface area contributed by atoms with Gasteiger partial charge in [0.05, 0.1) is 6.61 Å². The van der Waals surface area contributed by atoms with Gasteiger partial charge < -0.3 is 20.1 Å². The van der Waals surface area contributed by atoms with Gasteiger partial charge in [-0.25, -0.2) is 4.39 Å². The molecule has 1 spiro atoms. The molecule has 1 aliphatic heterocycles. The van der Waals surface area contributed by atoms with Crippen molar-refractivity contribution in [3.05, 3.63) is 35.6 Å². The molecular formula is C18H23FN2O4. The van der Waals surface area contributed by atoms with Crippen LogP contribution in [0.25, 0.3) is 0 Å². The first kappa shape index (κ1) is 17.8. The van der Waals surface area contributed by atoms with Crippen LogP contribution in [0.3, 0.4) is 0 Å². The van der Waals surface area contributed by atoms with Gasteiger partial charge in [0.1, 0.15) is 11.9 Å². The molecule has 1 saturated carbocycles. The first-order valence-electron chi connectivity index (χ1n) is 8.69. The monoisotopic (exact) mass is 350 g/mol. The second-order valence-corrected chi connectivity index (χ2v) is 6.51. The summed E-state index contributed by atoms with van der Waals surface area (Å²) in [6.07, 6.45) is 4.28. The van der Waals surface area contributed by atoms with Gasteiger partial charge in [-0.1, -0.05) is 12.1 Å². The van der Waals surface area contributed by atoms with E-state index in [1.807, 2.05) is 0 Å². The first-order valence-corrected chi connectivity index (χ1v) is 8.69. The number of benzene rings is 1. The van der Waals surface area contributed by atoms with Gasteiger partial charge in [-0.2, -0.15) is 0 Å². The van der Waals surface area contributed by atoms with Crippen LogP contribution in [0.5, 0.6) is 0 Å². The molecule has 7 heteroatoms. The molecule has 1 heterocycles. The molecule has 25 heavy (non-hydrogen) atoms. The van der Waals surface area contributed by atoms with Crippen LogP contribution in [-0.2, 0) is 25.5 Å². The average Bonchev–Trinajstić information content (AvgIpc) is 3.24. The zero-order valence-corrected chi connectivity index (χ0v) is 14.1. The molecule has 2 amide bonds. The minimum atomic E-state index is -0.685. The van der Waals surface area contributed by atoms with E-state index in [-0.39, 0.29) is 18.5 Å². The Kier molecular flexibility index (Phi) is 5.65. The quantitative estimate of drug-likeness (QED) is 0.785. The van der Waals surface area contributed by atoms with E-state index in [9.17, 15) is 14.0 Å². The Balaban J connectivity index is 1.34. The van der Waals surface area contributed by atoms with E-state index in [0.29, 0.717) is 19.6 Å². The summed E-state index contributed by atoms with van der Waals surface area (Å²) in [4.78, 5) is 23.6. The largest absolute Gasteiger partial charge is 0.348 e. The third-order valence-corrected chi connectivity index (χ3v) is 4.59. The van der Waals surface area contributed by atoms with Crippen molar-refractivity contribution in [3.8, 4) is 0 Å². The van der Waals surface area contributed by atoms with Crippen molar-refractivity contribution in [3.63, 3.8) is 0 Å². The number of hydrogen-bond donors (Lipinski definition) is 2. The van der Waals surface area contributed by atoms with Crippen LogP contribution < -0.4 is 10.6 Å². The van der Waals surface area contributed by atoms with Crippen molar-refractivity contribution in [1.82, 2.24) is 10.6 Å². The van der Waals surface area contributed by atoms with Crippen LogP contribution in [0.2, 0.25) is 0 Å². The molecule has 3 rings (SSSR count). The van der Waals surface area contributed by atoms with Crippen molar-refractivity contribution in [1.29, 1.82) is 0 Å². The van der Waals surface area contributed by atoms with Crippen LogP contribution in [0.1, 0.15) is 31.2 Å². The van der Waals surface area contributed by atoms with Gasteiger partial charge in [-0.05, 0) is 37.0 Å². The second-order valence-electron chi connectivity index (χ2n) is 6.51. The van der Waals surface area contributed by atoms with Crippen molar-refractivity contribution < 1.29 is 23.5 Å². The molecule has 1 aliphatic carbocycles. The highest BCUT2D eigenvalue weighted by Gasteiger charge is 2.43. The molecule has 1 saturated heterocycles. The summed E-state index contributed by atoms with van der Waals surface area (Å²) in [5.74, 6) is -2.14. The fourth-order valence-electron chi connectivity index (χ4n) is 3.23. The number of nitrogens with one attached hydrogen (secondary N) is 2. The van der Waals surface area contributed by atoms with Gasteiger partial charge >= 0.3 is 11.8 Å². The van der Waals surface area contributed by atoms with Crippen LogP contribution in [-0.4, -0.2) is 43.4 Å². The summed E-state index contributed by atoms with van der Waals surface area (Å²) in [5, 5.41) is 5.13. The maximum absolute atomic E-state index is 12.8. The highest BCUT2D eigenvalue weighted by atomic mass is 19.1. The Morgan fingerprint density at radius 1 is 1.12 bits per heavy atom. The number of halogens is 1. The maximum Gasteiger partial charge on any atom is 0.309 e. The zero-order valence-electron chi connectivity index (χ0n) is 14.1. The van der Waals surface area contributed by atoms with Crippen LogP contribution in [0.4, 0.5) is 4.39 Å². The summed E-state index contributed by atoms with van der Waals surface area (Å²) in [6, 6.07) is 6.03. The second kappa shape index (κ2) is 7.93. The fraction of sp³-hybridized carbons (Fsp3) is 0.556. The number of ether oxygens (including phenoxy) is 2. The van der Waals surface area contributed by atoms with E-state index >= 15 is 0 Å². The van der Waals surface area contributed by atoms with Crippen molar-refractivity contribution in [2.75, 3.05) is 19.7 Å². The molecule has 136 valence electrons. The van der Waals surface area contributed by atoms with Gasteiger partial charge in [0, 0.05) is 25.9 Å². The average molecular weight is 350 g/mol. The van der Waals surface area contributed by atoms with E-state index in [1.165, 1.54) is 12.1 Å². The zero-order chi connectivity index (χ0) is 17.7. The van der Waals surface area contributed by atoms with E-state index in [2.05, 4.69) is 10.6 Å².